The summed E-state index contributed by atoms with van der Waals surface area (Å²) >= 11 is 1.52. The number of nitrogen functional groups attached to an aromatic ring is 1. The van der Waals surface area contributed by atoms with Crippen LogP contribution < -0.4 is 5.73 Å². The Morgan fingerprint density at radius 3 is 2.50 bits per heavy atom. The number of hydrogen-bond acceptors (Lipinski definition) is 2. The van der Waals surface area contributed by atoms with E-state index < -0.39 is 11.7 Å². The topological polar surface area (TPSA) is 26.0 Å². The van der Waals surface area contributed by atoms with Crippen LogP contribution in [-0.2, 0) is 6.18 Å². The molecule has 18 heavy (non-hydrogen) atoms. The van der Waals surface area contributed by atoms with Crippen molar-refractivity contribution < 1.29 is 13.2 Å². The molecule has 0 aromatic heterocycles. The lowest BCUT2D eigenvalue weighted by molar-refractivity contribution is -0.137. The van der Waals surface area contributed by atoms with E-state index in [9.17, 15) is 13.2 Å². The molecule has 0 radical (unpaired) electrons. The molecule has 0 saturated heterocycles. The van der Waals surface area contributed by atoms with E-state index in [1.165, 1.54) is 17.8 Å². The summed E-state index contributed by atoms with van der Waals surface area (Å²) in [6, 6.07) is 3.55. The first-order chi connectivity index (χ1) is 8.34. The Morgan fingerprint density at radius 1 is 1.33 bits per heavy atom. The molecule has 0 aliphatic carbocycles. The van der Waals surface area contributed by atoms with Crippen LogP contribution in [0.3, 0.4) is 0 Å². The number of nitrogens with two attached hydrogens (primary N) is 1. The maximum atomic E-state index is 12.5. The van der Waals surface area contributed by atoms with E-state index in [1.54, 1.807) is 0 Å². The summed E-state index contributed by atoms with van der Waals surface area (Å²) in [4.78, 5) is 0.728. The fourth-order valence-corrected chi connectivity index (χ4v) is 2.69. The minimum atomic E-state index is -4.33. The average molecular weight is 277 g/mol. The summed E-state index contributed by atoms with van der Waals surface area (Å²) in [6.45, 7) is 4.25. The number of anilines is 1. The highest BCUT2D eigenvalue weighted by molar-refractivity contribution is 7.99. The number of alkyl halides is 3. The molecule has 5 heteroatoms. The molecular weight excluding hydrogens is 259 g/mol. The third kappa shape index (κ3) is 4.44. The fourth-order valence-electron chi connectivity index (χ4n) is 1.66. The summed E-state index contributed by atoms with van der Waals surface area (Å²) < 4.78 is 37.4. The van der Waals surface area contributed by atoms with Crippen LogP contribution in [0, 0.1) is 5.92 Å². The van der Waals surface area contributed by atoms with Gasteiger partial charge in [-0.25, -0.2) is 0 Å². The van der Waals surface area contributed by atoms with Crippen LogP contribution in [0.2, 0.25) is 0 Å². The van der Waals surface area contributed by atoms with Crippen molar-refractivity contribution in [3.8, 4) is 0 Å². The Kier molecular flexibility index (Phi) is 5.38. The van der Waals surface area contributed by atoms with Gasteiger partial charge in [-0.1, -0.05) is 26.7 Å². The molecule has 0 fully saturated rings. The molecule has 0 heterocycles. The molecule has 2 N–H and O–H groups in total. The quantitative estimate of drug-likeness (QED) is 0.617. The average Bonchev–Trinajstić information content (AvgIpc) is 2.26. The predicted molar refractivity (Wildman–Crippen MR) is 70.7 cm³/mol. The lowest BCUT2D eigenvalue weighted by Gasteiger charge is -2.13. The molecule has 1 aromatic carbocycles. The van der Waals surface area contributed by atoms with Gasteiger partial charge in [-0.05, 0) is 24.1 Å². The van der Waals surface area contributed by atoms with Crippen LogP contribution in [0.4, 0.5) is 18.9 Å². The van der Waals surface area contributed by atoms with Crippen LogP contribution in [0.5, 0.6) is 0 Å². The van der Waals surface area contributed by atoms with Crippen molar-refractivity contribution >= 4 is 17.4 Å². The van der Waals surface area contributed by atoms with Gasteiger partial charge in [0, 0.05) is 16.3 Å². The van der Waals surface area contributed by atoms with Crippen molar-refractivity contribution in [2.75, 3.05) is 11.5 Å². The van der Waals surface area contributed by atoms with E-state index in [0.717, 1.165) is 35.6 Å². The van der Waals surface area contributed by atoms with Crippen molar-refractivity contribution in [2.24, 2.45) is 5.92 Å². The Labute approximate surface area is 110 Å². The second kappa shape index (κ2) is 6.36. The van der Waals surface area contributed by atoms with Gasteiger partial charge in [0.2, 0.25) is 0 Å². The van der Waals surface area contributed by atoms with Crippen molar-refractivity contribution in [3.63, 3.8) is 0 Å². The Bertz CT molecular complexity index is 390. The molecule has 0 saturated carbocycles. The molecule has 0 amide bonds. The second-order valence-corrected chi connectivity index (χ2v) is 5.52. The van der Waals surface area contributed by atoms with Gasteiger partial charge in [-0.2, -0.15) is 13.2 Å². The van der Waals surface area contributed by atoms with Gasteiger partial charge in [0.25, 0.3) is 0 Å². The fraction of sp³-hybridized carbons (Fsp3) is 0.538. The lowest BCUT2D eigenvalue weighted by atomic mass is 10.1. The van der Waals surface area contributed by atoms with E-state index in [1.807, 2.05) is 0 Å². The minimum Gasteiger partial charge on any atom is -0.398 e. The number of hydrogen-bond donors (Lipinski definition) is 1. The minimum absolute atomic E-state index is 0.207. The largest absolute Gasteiger partial charge is 0.416 e. The van der Waals surface area contributed by atoms with Gasteiger partial charge in [-0.15, -0.1) is 11.8 Å². The molecule has 0 aliphatic rings. The highest BCUT2D eigenvalue weighted by Gasteiger charge is 2.30. The molecule has 1 aromatic rings. The van der Waals surface area contributed by atoms with E-state index in [2.05, 4.69) is 13.8 Å². The number of halogens is 3. The van der Waals surface area contributed by atoms with Gasteiger partial charge in [0.1, 0.15) is 0 Å². The first kappa shape index (κ1) is 15.2. The molecule has 1 rings (SSSR count). The zero-order valence-electron chi connectivity index (χ0n) is 10.6. The van der Waals surface area contributed by atoms with Crippen LogP contribution in [0.25, 0.3) is 0 Å². The molecule has 0 bridgehead atoms. The van der Waals surface area contributed by atoms with Gasteiger partial charge in [0.15, 0.2) is 0 Å². The van der Waals surface area contributed by atoms with Crippen LogP contribution in [0.1, 0.15) is 32.3 Å². The van der Waals surface area contributed by atoms with E-state index in [-0.39, 0.29) is 5.69 Å². The summed E-state index contributed by atoms with van der Waals surface area (Å²) in [6.07, 6.45) is -2.09. The maximum absolute atomic E-state index is 12.5. The molecule has 102 valence electrons. The van der Waals surface area contributed by atoms with Crippen molar-refractivity contribution in [1.29, 1.82) is 0 Å². The Balaban J connectivity index is 2.69. The SMILES string of the molecule is CCCC(C)CSc1ccc(C(F)(F)F)cc1N. The maximum Gasteiger partial charge on any atom is 0.416 e. The summed E-state index contributed by atoms with van der Waals surface area (Å²) in [5.74, 6) is 1.42. The van der Waals surface area contributed by atoms with E-state index >= 15 is 0 Å². The highest BCUT2D eigenvalue weighted by atomic mass is 32.2. The molecule has 0 spiro atoms. The smallest absolute Gasteiger partial charge is 0.398 e. The normalized spacial score (nSPS) is 13.6. The Hall–Kier alpha value is -0.840. The van der Waals surface area contributed by atoms with Crippen LogP contribution >= 0.6 is 11.8 Å². The van der Waals surface area contributed by atoms with Crippen molar-refractivity contribution in [1.82, 2.24) is 0 Å². The lowest BCUT2D eigenvalue weighted by Crippen LogP contribution is -2.06. The number of rotatable bonds is 5. The van der Waals surface area contributed by atoms with Crippen molar-refractivity contribution in [2.45, 2.75) is 37.8 Å². The van der Waals surface area contributed by atoms with Crippen molar-refractivity contribution in [3.05, 3.63) is 23.8 Å². The van der Waals surface area contributed by atoms with Crippen LogP contribution in [-0.4, -0.2) is 5.75 Å². The summed E-state index contributed by atoms with van der Waals surface area (Å²) in [5.41, 5.74) is 5.18. The standard InChI is InChI=1S/C13H18F3NS/c1-3-4-9(2)8-18-12-6-5-10(7-11(12)17)13(14,15)16/h5-7,9H,3-4,8,17H2,1-2H3. The molecule has 1 nitrogen and oxygen atoms in total. The first-order valence-corrected chi connectivity index (χ1v) is 6.92. The van der Waals surface area contributed by atoms with Gasteiger partial charge in [0.05, 0.1) is 5.56 Å². The number of thioether (sulfide) groups is 1. The molecule has 1 atom stereocenters. The van der Waals surface area contributed by atoms with E-state index in [4.69, 9.17) is 5.73 Å². The third-order valence-corrected chi connectivity index (χ3v) is 4.06. The van der Waals surface area contributed by atoms with Gasteiger partial charge in [-0.3, -0.25) is 0 Å². The summed E-state index contributed by atoms with van der Waals surface area (Å²) in [5, 5.41) is 0. The molecule has 1 unspecified atom stereocenters. The van der Waals surface area contributed by atoms with Gasteiger partial charge >= 0.3 is 6.18 Å². The Morgan fingerprint density at radius 2 is 2.00 bits per heavy atom. The molecule has 0 aliphatic heterocycles. The number of benzene rings is 1. The van der Waals surface area contributed by atoms with Gasteiger partial charge < -0.3 is 5.73 Å². The van der Waals surface area contributed by atoms with E-state index in [0.29, 0.717) is 5.92 Å². The predicted octanol–water partition coefficient (Wildman–Crippen LogP) is 4.82. The zero-order valence-corrected chi connectivity index (χ0v) is 11.4. The highest BCUT2D eigenvalue weighted by Crippen LogP contribution is 2.34. The first-order valence-electron chi connectivity index (χ1n) is 5.94. The monoisotopic (exact) mass is 277 g/mol. The zero-order chi connectivity index (χ0) is 13.8. The van der Waals surface area contributed by atoms with Crippen LogP contribution in [0.15, 0.2) is 23.1 Å². The summed E-state index contributed by atoms with van der Waals surface area (Å²) in [7, 11) is 0. The third-order valence-electron chi connectivity index (χ3n) is 2.64. The molecular formula is C13H18F3NS. The second-order valence-electron chi connectivity index (χ2n) is 4.46.